The molecular weight excluding hydrogens is 295 g/mol. The van der Waals surface area contributed by atoms with E-state index >= 15 is 0 Å². The third-order valence-corrected chi connectivity index (χ3v) is 4.41. The van der Waals surface area contributed by atoms with Crippen molar-refractivity contribution in [2.45, 2.75) is 31.2 Å². The number of rotatable bonds is 10. The molecule has 0 aliphatic carbocycles. The van der Waals surface area contributed by atoms with Crippen molar-refractivity contribution < 1.29 is 17.5 Å². The number of ether oxygens (including phenoxy) is 1. The van der Waals surface area contributed by atoms with Crippen LogP contribution in [0.1, 0.15) is 25.3 Å². The highest BCUT2D eigenvalue weighted by molar-refractivity contribution is 7.89. The smallest absolute Gasteiger partial charge is 0.241 e. The second-order valence-electron chi connectivity index (χ2n) is 4.65. The van der Waals surface area contributed by atoms with E-state index in [9.17, 15) is 12.8 Å². The van der Waals surface area contributed by atoms with Crippen LogP contribution in [0, 0.1) is 5.82 Å². The predicted molar refractivity (Wildman–Crippen MR) is 80.1 cm³/mol. The van der Waals surface area contributed by atoms with E-state index in [2.05, 4.69) is 17.0 Å². The number of halogens is 1. The highest BCUT2D eigenvalue weighted by atomic mass is 32.2. The summed E-state index contributed by atoms with van der Waals surface area (Å²) in [6.45, 7) is 3.49. The van der Waals surface area contributed by atoms with Crippen molar-refractivity contribution in [1.82, 2.24) is 10.0 Å². The molecule has 2 N–H and O–H groups in total. The molecule has 0 spiro atoms. The molecule has 5 nitrogen and oxygen atoms in total. The number of unbranched alkanes of at least 4 members (excludes halogenated alkanes) is 1. The molecule has 120 valence electrons. The van der Waals surface area contributed by atoms with Gasteiger partial charge in [-0.1, -0.05) is 19.4 Å². The zero-order valence-corrected chi connectivity index (χ0v) is 13.3. The Kier molecular flexibility index (Phi) is 7.81. The van der Waals surface area contributed by atoms with Crippen LogP contribution in [-0.4, -0.2) is 35.2 Å². The maximum atomic E-state index is 13.3. The SMILES string of the molecule is CCCCOCCNS(=O)(=O)c1cc(F)ccc1CNC. The molecule has 0 aromatic heterocycles. The van der Waals surface area contributed by atoms with Crippen LogP contribution < -0.4 is 10.0 Å². The van der Waals surface area contributed by atoms with E-state index in [1.54, 1.807) is 7.05 Å². The van der Waals surface area contributed by atoms with Gasteiger partial charge in [-0.3, -0.25) is 0 Å². The Morgan fingerprint density at radius 1 is 1.29 bits per heavy atom. The number of hydrogen-bond donors (Lipinski definition) is 2. The van der Waals surface area contributed by atoms with Crippen LogP contribution in [0.3, 0.4) is 0 Å². The van der Waals surface area contributed by atoms with Gasteiger partial charge in [-0.2, -0.15) is 0 Å². The maximum Gasteiger partial charge on any atom is 0.241 e. The number of benzene rings is 1. The fraction of sp³-hybridized carbons (Fsp3) is 0.571. The molecule has 7 heteroatoms. The van der Waals surface area contributed by atoms with E-state index in [4.69, 9.17) is 4.74 Å². The minimum absolute atomic E-state index is 0.0367. The van der Waals surface area contributed by atoms with Crippen molar-refractivity contribution in [2.75, 3.05) is 26.8 Å². The fourth-order valence-corrected chi connectivity index (χ4v) is 3.05. The second kappa shape index (κ2) is 9.09. The van der Waals surface area contributed by atoms with E-state index in [0.29, 0.717) is 25.3 Å². The molecule has 0 fully saturated rings. The molecular formula is C14H23FN2O3S. The highest BCUT2D eigenvalue weighted by Gasteiger charge is 2.18. The van der Waals surface area contributed by atoms with Gasteiger partial charge in [0.25, 0.3) is 0 Å². The van der Waals surface area contributed by atoms with Crippen molar-refractivity contribution in [3.63, 3.8) is 0 Å². The van der Waals surface area contributed by atoms with Gasteiger partial charge < -0.3 is 10.1 Å². The molecule has 1 aromatic rings. The summed E-state index contributed by atoms with van der Waals surface area (Å²) in [4.78, 5) is -0.0367. The molecule has 0 unspecified atom stereocenters. The predicted octanol–water partition coefficient (Wildman–Crippen LogP) is 1.64. The summed E-state index contributed by atoms with van der Waals surface area (Å²) in [5, 5.41) is 2.87. The zero-order chi connectivity index (χ0) is 15.7. The van der Waals surface area contributed by atoms with Gasteiger partial charge in [0, 0.05) is 19.7 Å². The summed E-state index contributed by atoms with van der Waals surface area (Å²) < 4.78 is 45.4. The molecule has 1 rings (SSSR count). The molecule has 21 heavy (non-hydrogen) atoms. The Labute approximate surface area is 125 Å². The molecule has 0 aliphatic rings. The van der Waals surface area contributed by atoms with Crippen LogP contribution in [0.2, 0.25) is 0 Å². The molecule has 0 radical (unpaired) electrons. The average molecular weight is 318 g/mol. The van der Waals surface area contributed by atoms with Crippen LogP contribution in [-0.2, 0) is 21.3 Å². The monoisotopic (exact) mass is 318 g/mol. The van der Waals surface area contributed by atoms with Crippen molar-refractivity contribution in [1.29, 1.82) is 0 Å². The summed E-state index contributed by atoms with van der Waals surface area (Å²) >= 11 is 0. The standard InChI is InChI=1S/C14H23FN2O3S/c1-3-4-8-20-9-7-17-21(18,19)14-10-13(15)6-5-12(14)11-16-2/h5-6,10,16-17H,3-4,7-9,11H2,1-2H3. The van der Waals surface area contributed by atoms with E-state index in [1.807, 2.05) is 0 Å². The summed E-state index contributed by atoms with van der Waals surface area (Å²) in [6, 6.07) is 3.75. The van der Waals surface area contributed by atoms with E-state index in [-0.39, 0.29) is 11.4 Å². The van der Waals surface area contributed by atoms with Crippen LogP contribution in [0.4, 0.5) is 4.39 Å². The maximum absolute atomic E-state index is 13.3. The summed E-state index contributed by atoms with van der Waals surface area (Å²) in [6.07, 6.45) is 1.98. The van der Waals surface area contributed by atoms with Gasteiger partial charge in [0.1, 0.15) is 5.82 Å². The summed E-state index contributed by atoms with van der Waals surface area (Å²) in [7, 11) is -2.04. The minimum atomic E-state index is -3.74. The molecule has 0 saturated heterocycles. The van der Waals surface area contributed by atoms with Gasteiger partial charge in [-0.25, -0.2) is 17.5 Å². The minimum Gasteiger partial charge on any atom is -0.380 e. The molecule has 0 atom stereocenters. The first-order valence-electron chi connectivity index (χ1n) is 7.01. The fourth-order valence-electron chi connectivity index (χ4n) is 1.79. The largest absolute Gasteiger partial charge is 0.380 e. The first-order valence-corrected chi connectivity index (χ1v) is 8.50. The molecule has 1 aromatic carbocycles. The number of nitrogens with one attached hydrogen (secondary N) is 2. The van der Waals surface area contributed by atoms with Crippen molar-refractivity contribution in [3.8, 4) is 0 Å². The lowest BCUT2D eigenvalue weighted by Gasteiger charge is -2.12. The van der Waals surface area contributed by atoms with Gasteiger partial charge in [0.2, 0.25) is 10.0 Å². The van der Waals surface area contributed by atoms with E-state index in [1.165, 1.54) is 12.1 Å². The van der Waals surface area contributed by atoms with Crippen LogP contribution in [0.5, 0.6) is 0 Å². The number of sulfonamides is 1. The van der Waals surface area contributed by atoms with E-state index < -0.39 is 15.8 Å². The molecule has 0 bridgehead atoms. The third-order valence-electron chi connectivity index (χ3n) is 2.87. The van der Waals surface area contributed by atoms with Gasteiger partial charge in [0.15, 0.2) is 0 Å². The molecule has 0 saturated carbocycles. The summed E-state index contributed by atoms with van der Waals surface area (Å²) in [5.41, 5.74) is 0.526. The average Bonchev–Trinajstić information content (AvgIpc) is 2.45. The van der Waals surface area contributed by atoms with Crippen molar-refractivity contribution >= 4 is 10.0 Å². The van der Waals surface area contributed by atoms with Gasteiger partial charge in [-0.05, 0) is 31.2 Å². The van der Waals surface area contributed by atoms with Crippen LogP contribution >= 0.6 is 0 Å². The third kappa shape index (κ3) is 6.09. The molecule has 0 aliphatic heterocycles. The van der Waals surface area contributed by atoms with Gasteiger partial charge in [0.05, 0.1) is 11.5 Å². The van der Waals surface area contributed by atoms with Gasteiger partial charge in [-0.15, -0.1) is 0 Å². The lowest BCUT2D eigenvalue weighted by Crippen LogP contribution is -2.29. The van der Waals surface area contributed by atoms with Crippen LogP contribution in [0.15, 0.2) is 23.1 Å². The zero-order valence-electron chi connectivity index (χ0n) is 12.5. The van der Waals surface area contributed by atoms with Gasteiger partial charge >= 0.3 is 0 Å². The molecule has 0 amide bonds. The lowest BCUT2D eigenvalue weighted by atomic mass is 10.2. The Hall–Kier alpha value is -1.02. The summed E-state index contributed by atoms with van der Waals surface area (Å²) in [5.74, 6) is -0.575. The Morgan fingerprint density at radius 3 is 2.71 bits per heavy atom. The van der Waals surface area contributed by atoms with E-state index in [0.717, 1.165) is 18.9 Å². The first-order chi connectivity index (χ1) is 10.0. The highest BCUT2D eigenvalue weighted by Crippen LogP contribution is 2.17. The van der Waals surface area contributed by atoms with Crippen LogP contribution in [0.25, 0.3) is 0 Å². The Balaban J connectivity index is 2.67. The quantitative estimate of drug-likeness (QED) is 0.644. The first kappa shape index (κ1) is 18.0. The second-order valence-corrected chi connectivity index (χ2v) is 6.38. The normalized spacial score (nSPS) is 11.8. The number of hydrogen-bond acceptors (Lipinski definition) is 4. The Morgan fingerprint density at radius 2 is 2.05 bits per heavy atom. The topological polar surface area (TPSA) is 67.4 Å². The molecule has 0 heterocycles. The lowest BCUT2D eigenvalue weighted by molar-refractivity contribution is 0.136. The van der Waals surface area contributed by atoms with Crippen molar-refractivity contribution in [3.05, 3.63) is 29.6 Å². The van der Waals surface area contributed by atoms with Crippen molar-refractivity contribution in [2.24, 2.45) is 0 Å². The Bertz CT molecular complexity index is 535.